The summed E-state index contributed by atoms with van der Waals surface area (Å²) in [4.78, 5) is 23.9. The van der Waals surface area contributed by atoms with Gasteiger partial charge in [-0.25, -0.2) is 15.1 Å². The van der Waals surface area contributed by atoms with Crippen LogP contribution in [0.2, 0.25) is 0 Å². The van der Waals surface area contributed by atoms with Crippen molar-refractivity contribution < 1.29 is 23.8 Å². The second-order valence-corrected chi connectivity index (χ2v) is 13.0. The SMILES string of the molecule is C=CC(=O)OCCCCCCOc1ccc(C(=O)Oc2ccc(CCC3(C)Nc4cccc5c(/N=N/c6ccc(N=N)cc6)ccc(c45)N3)cc2)cc1. The predicted molar refractivity (Wildman–Crippen MR) is 206 cm³/mol. The highest BCUT2D eigenvalue weighted by Gasteiger charge is 2.30. The van der Waals surface area contributed by atoms with Gasteiger partial charge in [0.2, 0.25) is 0 Å². The molecule has 1 aliphatic rings. The van der Waals surface area contributed by atoms with E-state index in [0.717, 1.165) is 71.9 Å². The minimum Gasteiger partial charge on any atom is -0.494 e. The van der Waals surface area contributed by atoms with E-state index in [1.165, 1.54) is 6.08 Å². The third kappa shape index (κ3) is 9.70. The largest absolute Gasteiger partial charge is 0.494 e. The molecule has 1 aliphatic heterocycles. The van der Waals surface area contributed by atoms with Gasteiger partial charge in [-0.1, -0.05) is 30.8 Å². The average Bonchev–Trinajstić information content (AvgIpc) is 3.18. The molecule has 0 bridgehead atoms. The Balaban J connectivity index is 0.969. The fourth-order valence-electron chi connectivity index (χ4n) is 6.09. The second kappa shape index (κ2) is 17.2. The summed E-state index contributed by atoms with van der Waals surface area (Å²) < 4.78 is 16.4. The van der Waals surface area contributed by atoms with Crippen LogP contribution in [-0.4, -0.2) is 30.8 Å². The van der Waals surface area contributed by atoms with Crippen molar-refractivity contribution in [3.63, 3.8) is 0 Å². The van der Waals surface area contributed by atoms with Crippen molar-refractivity contribution in [1.29, 1.82) is 5.53 Å². The molecule has 0 spiro atoms. The van der Waals surface area contributed by atoms with Crippen molar-refractivity contribution in [2.75, 3.05) is 23.8 Å². The first-order chi connectivity index (χ1) is 25.8. The first-order valence-electron chi connectivity index (χ1n) is 17.7. The van der Waals surface area contributed by atoms with Crippen LogP contribution in [0.5, 0.6) is 11.5 Å². The molecule has 5 aromatic carbocycles. The van der Waals surface area contributed by atoms with Gasteiger partial charge in [0.25, 0.3) is 0 Å². The number of unbranched alkanes of at least 4 members (excludes halogenated alkanes) is 3. The zero-order chi connectivity index (χ0) is 37.0. The number of benzene rings is 5. The topological polar surface area (TPSA) is 147 Å². The molecule has 1 unspecified atom stereocenters. The van der Waals surface area contributed by atoms with Crippen molar-refractivity contribution in [3.05, 3.63) is 127 Å². The van der Waals surface area contributed by atoms with E-state index >= 15 is 0 Å². The molecule has 0 saturated heterocycles. The molecule has 0 aromatic heterocycles. The van der Waals surface area contributed by atoms with Crippen LogP contribution in [0, 0.1) is 5.53 Å². The minimum absolute atomic E-state index is 0.392. The number of esters is 2. The van der Waals surface area contributed by atoms with E-state index in [9.17, 15) is 9.59 Å². The lowest BCUT2D eigenvalue weighted by Gasteiger charge is -2.39. The van der Waals surface area contributed by atoms with Gasteiger partial charge < -0.3 is 24.8 Å². The van der Waals surface area contributed by atoms with Gasteiger partial charge >= 0.3 is 11.9 Å². The molecule has 270 valence electrons. The first-order valence-corrected chi connectivity index (χ1v) is 17.7. The Morgan fingerprint density at radius 1 is 0.774 bits per heavy atom. The number of aryl methyl sites for hydroxylation is 1. The quantitative estimate of drug-likeness (QED) is 0.0286. The van der Waals surface area contributed by atoms with Crippen LogP contribution in [0.15, 0.2) is 131 Å². The smallest absolute Gasteiger partial charge is 0.343 e. The lowest BCUT2D eigenvalue weighted by Crippen LogP contribution is -2.45. The molecule has 3 N–H and O–H groups in total. The minimum atomic E-state index is -0.433. The van der Waals surface area contributed by atoms with Gasteiger partial charge in [0.15, 0.2) is 0 Å². The summed E-state index contributed by atoms with van der Waals surface area (Å²) in [5.74, 6) is 0.343. The number of hydrogen-bond donors (Lipinski definition) is 3. The summed E-state index contributed by atoms with van der Waals surface area (Å²) in [6.07, 6.45) is 6.36. The van der Waals surface area contributed by atoms with Gasteiger partial charge in [0.1, 0.15) is 17.2 Å². The fraction of sp³-hybridized carbons (Fsp3) is 0.238. The van der Waals surface area contributed by atoms with Crippen molar-refractivity contribution >= 4 is 51.1 Å². The van der Waals surface area contributed by atoms with E-state index in [1.54, 1.807) is 48.5 Å². The monoisotopic (exact) mass is 710 g/mol. The van der Waals surface area contributed by atoms with E-state index in [2.05, 4.69) is 45.5 Å². The molecule has 0 saturated carbocycles. The molecule has 11 nitrogen and oxygen atoms in total. The third-order valence-corrected chi connectivity index (χ3v) is 8.95. The van der Waals surface area contributed by atoms with Crippen molar-refractivity contribution in [2.24, 2.45) is 15.3 Å². The van der Waals surface area contributed by atoms with E-state index < -0.39 is 17.6 Å². The van der Waals surface area contributed by atoms with Crippen LogP contribution in [0.3, 0.4) is 0 Å². The van der Waals surface area contributed by atoms with E-state index in [4.69, 9.17) is 19.7 Å². The summed E-state index contributed by atoms with van der Waals surface area (Å²) in [6, 6.07) is 31.8. The molecule has 0 amide bonds. The molecule has 53 heavy (non-hydrogen) atoms. The van der Waals surface area contributed by atoms with Gasteiger partial charge in [0, 0.05) is 28.2 Å². The number of anilines is 2. The van der Waals surface area contributed by atoms with E-state index in [-0.39, 0.29) is 0 Å². The van der Waals surface area contributed by atoms with Crippen LogP contribution in [-0.2, 0) is 16.0 Å². The fourth-order valence-corrected chi connectivity index (χ4v) is 6.09. The summed E-state index contributed by atoms with van der Waals surface area (Å²) in [5.41, 5.74) is 12.4. The number of nitrogens with one attached hydrogen (secondary N) is 3. The Morgan fingerprint density at radius 2 is 1.45 bits per heavy atom. The van der Waals surface area contributed by atoms with Gasteiger partial charge in [-0.3, -0.25) is 0 Å². The number of azo groups is 1. The van der Waals surface area contributed by atoms with E-state index in [0.29, 0.717) is 41.7 Å². The maximum atomic E-state index is 12.8. The van der Waals surface area contributed by atoms with Crippen molar-refractivity contribution in [1.82, 2.24) is 0 Å². The van der Waals surface area contributed by atoms with Crippen LogP contribution >= 0.6 is 0 Å². The number of ether oxygens (including phenoxy) is 3. The highest BCUT2D eigenvalue weighted by Crippen LogP contribution is 2.43. The highest BCUT2D eigenvalue weighted by atomic mass is 16.5. The van der Waals surface area contributed by atoms with Crippen molar-refractivity contribution in [3.8, 4) is 11.5 Å². The van der Waals surface area contributed by atoms with Crippen LogP contribution < -0.4 is 20.1 Å². The maximum absolute atomic E-state index is 12.8. The van der Waals surface area contributed by atoms with Gasteiger partial charge in [-0.15, -0.1) is 5.11 Å². The molecule has 5 aromatic rings. The molecule has 0 radical (unpaired) electrons. The summed E-state index contributed by atoms with van der Waals surface area (Å²) in [6.45, 7) is 6.49. The normalized spacial score (nSPS) is 14.6. The Morgan fingerprint density at radius 3 is 2.17 bits per heavy atom. The number of hydrogen-bond acceptors (Lipinski definition) is 11. The lowest BCUT2D eigenvalue weighted by atomic mass is 9.95. The molecule has 0 aliphatic carbocycles. The predicted octanol–water partition coefficient (Wildman–Crippen LogP) is 11.0. The van der Waals surface area contributed by atoms with Gasteiger partial charge in [-0.2, -0.15) is 10.2 Å². The van der Waals surface area contributed by atoms with Gasteiger partial charge in [0.05, 0.1) is 35.8 Å². The summed E-state index contributed by atoms with van der Waals surface area (Å²) in [7, 11) is 0. The van der Waals surface area contributed by atoms with Crippen LogP contribution in [0.4, 0.5) is 28.4 Å². The average molecular weight is 711 g/mol. The number of carbonyl (C=O) groups is 2. The summed E-state index contributed by atoms with van der Waals surface area (Å²) >= 11 is 0. The molecule has 1 heterocycles. The van der Waals surface area contributed by atoms with Crippen molar-refractivity contribution in [2.45, 2.75) is 51.1 Å². The van der Waals surface area contributed by atoms with E-state index in [1.807, 2.05) is 48.5 Å². The molecule has 0 fully saturated rings. The highest BCUT2D eigenvalue weighted by molar-refractivity contribution is 6.09. The van der Waals surface area contributed by atoms with Crippen LogP contribution in [0.25, 0.3) is 10.8 Å². The molecule has 1 atom stereocenters. The zero-order valence-corrected chi connectivity index (χ0v) is 29.6. The first kappa shape index (κ1) is 36.4. The lowest BCUT2D eigenvalue weighted by molar-refractivity contribution is -0.137. The third-order valence-electron chi connectivity index (χ3n) is 8.95. The molecular formula is C42H42N6O5. The zero-order valence-electron chi connectivity index (χ0n) is 29.6. The standard InChI is InChI=1S/C42H42N6O5/c1-3-39(49)52-28-7-5-4-6-27-51-33-21-13-30(14-22-33)41(50)53-34-19-11-29(12-20-34)25-26-42(2)44-37-10-8-9-35-36(23-24-38(45-42)40(35)37)48-47-32-17-15-31(46-43)16-18-32/h3,8-24,43-45H,1,4-7,25-28H2,2H3/b46-43?,48-47+. The Bertz CT molecular complexity index is 2080. The van der Waals surface area contributed by atoms with Crippen LogP contribution in [0.1, 0.15) is 54.9 Å². The Labute approximate surface area is 308 Å². The number of carbonyl (C=O) groups excluding carboxylic acids is 2. The molecule has 6 rings (SSSR count). The number of nitrogens with zero attached hydrogens (tertiary/aromatic N) is 3. The Kier molecular flexibility index (Phi) is 11.8. The second-order valence-electron chi connectivity index (χ2n) is 13.0. The maximum Gasteiger partial charge on any atom is 0.343 e. The van der Waals surface area contributed by atoms with Gasteiger partial charge in [-0.05, 0) is 130 Å². The Hall–Kier alpha value is -6.36. The summed E-state index contributed by atoms with van der Waals surface area (Å²) in [5, 5.41) is 21.8. The number of rotatable bonds is 17. The molecule has 11 heteroatoms. The molecular weight excluding hydrogens is 668 g/mol.